The van der Waals surface area contributed by atoms with Gasteiger partial charge in [-0.05, 0) is 29.8 Å². The van der Waals surface area contributed by atoms with Gasteiger partial charge < -0.3 is 0 Å². The number of hydrogen-bond donors (Lipinski definition) is 0. The minimum absolute atomic E-state index is 0.441. The van der Waals surface area contributed by atoms with Crippen LogP contribution in [0.4, 0.5) is 0 Å². The molecule has 0 saturated heterocycles. The Bertz CT molecular complexity index is 509. The fourth-order valence-corrected chi connectivity index (χ4v) is 1.89. The van der Waals surface area contributed by atoms with Gasteiger partial charge in [0, 0.05) is 43.5 Å². The van der Waals surface area contributed by atoms with Crippen molar-refractivity contribution in [3.63, 3.8) is 0 Å². The van der Waals surface area contributed by atoms with E-state index in [1.165, 1.54) is 0 Å². The Morgan fingerprint density at radius 1 is 1.00 bits per heavy atom. The van der Waals surface area contributed by atoms with Crippen molar-refractivity contribution in [2.75, 3.05) is 13.1 Å². The fourth-order valence-electron chi connectivity index (χ4n) is 1.89. The number of aromatic nitrogens is 2. The molecule has 0 atom stereocenters. The second kappa shape index (κ2) is 7.89. The molecule has 20 heavy (non-hydrogen) atoms. The van der Waals surface area contributed by atoms with Gasteiger partial charge in [-0.3, -0.25) is 14.9 Å². The molecule has 0 aliphatic carbocycles. The van der Waals surface area contributed by atoms with Gasteiger partial charge >= 0.3 is 0 Å². The normalized spacial score (nSPS) is 10.2. The topological polar surface area (TPSA) is 77.8 Å². The number of hydrogen-bond acceptors (Lipinski definition) is 4. The lowest BCUT2D eigenvalue weighted by atomic mass is 10.3. The highest BCUT2D eigenvalue weighted by molar-refractivity contribution is 5.06. The molecule has 0 fully saturated rings. The highest BCUT2D eigenvalue weighted by Gasteiger charge is 2.07. The van der Waals surface area contributed by atoms with E-state index in [0.717, 1.165) is 11.4 Å². The number of nitrogens with zero attached hydrogens (tertiary/aromatic N) is 6. The summed E-state index contributed by atoms with van der Waals surface area (Å²) in [6.45, 7) is 2.53. The molecule has 2 aromatic heterocycles. The summed E-state index contributed by atoms with van der Waals surface area (Å²) in [5.41, 5.74) is 10.4. The first-order chi connectivity index (χ1) is 9.88. The fraction of sp³-hybridized carbons (Fsp3) is 0.286. The van der Waals surface area contributed by atoms with Crippen LogP contribution in [-0.2, 0) is 13.1 Å². The molecule has 102 valence electrons. The number of pyridine rings is 2. The minimum atomic E-state index is 0.441. The van der Waals surface area contributed by atoms with Crippen LogP contribution in [0.3, 0.4) is 0 Å². The van der Waals surface area contributed by atoms with Crippen molar-refractivity contribution in [2.45, 2.75) is 13.1 Å². The van der Waals surface area contributed by atoms with E-state index < -0.39 is 0 Å². The lowest BCUT2D eigenvalue weighted by Crippen LogP contribution is -2.26. The summed E-state index contributed by atoms with van der Waals surface area (Å²) in [5, 5.41) is 3.59. The summed E-state index contributed by atoms with van der Waals surface area (Å²) >= 11 is 0. The van der Waals surface area contributed by atoms with Crippen molar-refractivity contribution in [3.05, 3.63) is 70.6 Å². The Morgan fingerprint density at radius 2 is 1.60 bits per heavy atom. The molecule has 0 N–H and O–H groups in total. The number of rotatable bonds is 7. The smallest absolute Gasteiger partial charge is 0.0544 e. The van der Waals surface area contributed by atoms with Crippen LogP contribution in [0.15, 0.2) is 53.9 Å². The van der Waals surface area contributed by atoms with Crippen molar-refractivity contribution in [3.8, 4) is 0 Å². The maximum Gasteiger partial charge on any atom is 0.0544 e. The van der Waals surface area contributed by atoms with Gasteiger partial charge in [0.05, 0.1) is 11.4 Å². The Balaban J connectivity index is 2.02. The van der Waals surface area contributed by atoms with Gasteiger partial charge in [-0.1, -0.05) is 17.2 Å². The molecule has 6 nitrogen and oxygen atoms in total. The maximum atomic E-state index is 8.37. The monoisotopic (exact) mass is 268 g/mol. The summed E-state index contributed by atoms with van der Waals surface area (Å²) in [7, 11) is 0. The molecule has 0 aliphatic rings. The molecule has 0 saturated carbocycles. The Kier molecular flexibility index (Phi) is 5.52. The molecule has 0 aliphatic heterocycles. The molecular formula is C14H16N6. The quantitative estimate of drug-likeness (QED) is 0.440. The summed E-state index contributed by atoms with van der Waals surface area (Å²) in [4.78, 5) is 13.6. The van der Waals surface area contributed by atoms with Gasteiger partial charge in [0.1, 0.15) is 0 Å². The van der Waals surface area contributed by atoms with Crippen LogP contribution in [0.25, 0.3) is 10.4 Å². The minimum Gasteiger partial charge on any atom is -0.292 e. The van der Waals surface area contributed by atoms with Gasteiger partial charge in [-0.2, -0.15) is 0 Å². The van der Waals surface area contributed by atoms with E-state index in [0.29, 0.717) is 26.2 Å². The van der Waals surface area contributed by atoms with Crippen molar-refractivity contribution in [1.82, 2.24) is 14.9 Å². The summed E-state index contributed by atoms with van der Waals surface area (Å²) in [5.74, 6) is 0. The molecule has 2 aromatic rings. The second-order valence-corrected chi connectivity index (χ2v) is 4.31. The molecule has 6 heteroatoms. The van der Waals surface area contributed by atoms with Gasteiger partial charge in [-0.25, -0.2) is 0 Å². The highest BCUT2D eigenvalue weighted by Crippen LogP contribution is 2.06. The van der Waals surface area contributed by atoms with Crippen molar-refractivity contribution in [1.29, 1.82) is 0 Å². The van der Waals surface area contributed by atoms with Gasteiger partial charge in [-0.15, -0.1) is 0 Å². The molecule has 0 bridgehead atoms. The molecule has 2 heterocycles. The van der Waals surface area contributed by atoms with Gasteiger partial charge in [0.25, 0.3) is 0 Å². The largest absolute Gasteiger partial charge is 0.292 e. The molecule has 2 rings (SSSR count). The van der Waals surface area contributed by atoms with E-state index in [1.54, 1.807) is 12.4 Å². The van der Waals surface area contributed by atoms with Crippen LogP contribution in [0.2, 0.25) is 0 Å². The first-order valence-corrected chi connectivity index (χ1v) is 6.41. The Morgan fingerprint density at radius 3 is 2.05 bits per heavy atom. The highest BCUT2D eigenvalue weighted by atomic mass is 15.2. The lowest BCUT2D eigenvalue weighted by molar-refractivity contribution is 0.258. The molecule has 0 aromatic carbocycles. The van der Waals surface area contributed by atoms with Crippen LogP contribution in [0.5, 0.6) is 0 Å². The van der Waals surface area contributed by atoms with Gasteiger partial charge in [0.2, 0.25) is 0 Å². The molecular weight excluding hydrogens is 252 g/mol. The predicted molar refractivity (Wildman–Crippen MR) is 76.6 cm³/mol. The Labute approximate surface area is 117 Å². The third kappa shape index (κ3) is 4.68. The third-order valence-corrected chi connectivity index (χ3v) is 2.80. The first kappa shape index (κ1) is 14.0. The standard InChI is InChI=1S/C14H16N6/c15-19-18-9-10-20(11-13-5-1-3-7-16-13)12-14-6-2-4-8-17-14/h1-8H,9-12H2. The van der Waals surface area contributed by atoms with Crippen LogP contribution < -0.4 is 0 Å². The SMILES string of the molecule is [N-]=[N+]=NCCN(Cc1ccccn1)Cc1ccccn1. The average Bonchev–Trinajstić information content (AvgIpc) is 2.49. The second-order valence-electron chi connectivity index (χ2n) is 4.31. The lowest BCUT2D eigenvalue weighted by Gasteiger charge is -2.20. The first-order valence-electron chi connectivity index (χ1n) is 6.41. The van der Waals surface area contributed by atoms with E-state index in [-0.39, 0.29) is 0 Å². The maximum absolute atomic E-state index is 8.37. The van der Waals surface area contributed by atoms with Crippen LogP contribution in [0, 0.1) is 0 Å². The Hall–Kier alpha value is -2.43. The third-order valence-electron chi connectivity index (χ3n) is 2.80. The zero-order chi connectivity index (χ0) is 14.0. The predicted octanol–water partition coefficient (Wildman–Crippen LogP) is 2.79. The zero-order valence-electron chi connectivity index (χ0n) is 11.1. The molecule has 0 spiro atoms. The zero-order valence-corrected chi connectivity index (χ0v) is 11.1. The van der Waals surface area contributed by atoms with Crippen molar-refractivity contribution >= 4 is 0 Å². The molecule has 0 unspecified atom stereocenters. The van der Waals surface area contributed by atoms with E-state index in [9.17, 15) is 0 Å². The van der Waals surface area contributed by atoms with E-state index in [4.69, 9.17) is 5.53 Å². The summed E-state index contributed by atoms with van der Waals surface area (Å²) < 4.78 is 0. The van der Waals surface area contributed by atoms with Gasteiger partial charge in [0.15, 0.2) is 0 Å². The van der Waals surface area contributed by atoms with E-state index in [1.807, 2.05) is 36.4 Å². The van der Waals surface area contributed by atoms with Crippen molar-refractivity contribution < 1.29 is 0 Å². The average molecular weight is 268 g/mol. The van der Waals surface area contributed by atoms with Crippen LogP contribution >= 0.6 is 0 Å². The summed E-state index contributed by atoms with van der Waals surface area (Å²) in [6.07, 6.45) is 3.56. The summed E-state index contributed by atoms with van der Waals surface area (Å²) in [6, 6.07) is 11.7. The van der Waals surface area contributed by atoms with Crippen LogP contribution in [0.1, 0.15) is 11.4 Å². The number of azide groups is 1. The van der Waals surface area contributed by atoms with E-state index in [2.05, 4.69) is 24.9 Å². The van der Waals surface area contributed by atoms with Crippen molar-refractivity contribution in [2.24, 2.45) is 5.11 Å². The molecule has 0 radical (unpaired) electrons. The molecule has 0 amide bonds. The van der Waals surface area contributed by atoms with E-state index >= 15 is 0 Å². The van der Waals surface area contributed by atoms with Crippen LogP contribution in [-0.4, -0.2) is 28.0 Å².